The number of nitrogens with one attached hydrogen (secondary N) is 1. The van der Waals surface area contributed by atoms with Crippen LogP contribution in [0.15, 0.2) is 48.6 Å². The number of nitrogens with zero attached hydrogens (tertiary/aromatic N) is 5. The SMILES string of the molecule is COc1cc2nc(-c3ccc(N4CCN(C)CC4)cc3)nc(NCCN3CCOCC3)c2cc1OC.O=C(O)/C=C\C(=O)O. The zero-order chi connectivity index (χ0) is 31.5. The van der Waals surface area contributed by atoms with Gasteiger partial charge in [0.1, 0.15) is 5.82 Å². The molecule has 13 heteroatoms. The first-order chi connectivity index (χ1) is 21.3. The molecule has 2 saturated heterocycles. The molecule has 0 unspecified atom stereocenters. The van der Waals surface area contributed by atoms with Gasteiger partial charge in [-0.05, 0) is 37.4 Å². The molecular weight excluding hydrogens is 568 g/mol. The normalized spacial score (nSPS) is 15.9. The second-order valence-corrected chi connectivity index (χ2v) is 10.3. The van der Waals surface area contributed by atoms with Crippen molar-refractivity contribution in [3.63, 3.8) is 0 Å². The summed E-state index contributed by atoms with van der Waals surface area (Å²) in [6, 6.07) is 12.5. The molecule has 0 amide bonds. The number of carboxylic acid groups (broad SMARTS) is 2. The third-order valence-corrected chi connectivity index (χ3v) is 7.39. The number of carbonyl (C=O) groups is 2. The summed E-state index contributed by atoms with van der Waals surface area (Å²) < 4.78 is 16.6. The quantitative estimate of drug-likeness (QED) is 0.290. The Hall–Kier alpha value is -4.46. The van der Waals surface area contributed by atoms with Crippen molar-refractivity contribution in [1.29, 1.82) is 0 Å². The molecule has 3 aromatic rings. The van der Waals surface area contributed by atoms with Gasteiger partial charge in [0, 0.05) is 87.2 Å². The number of anilines is 2. The van der Waals surface area contributed by atoms with E-state index >= 15 is 0 Å². The first kappa shape index (κ1) is 32.5. The lowest BCUT2D eigenvalue weighted by Gasteiger charge is -2.34. The Morgan fingerprint density at radius 3 is 2.11 bits per heavy atom. The molecule has 44 heavy (non-hydrogen) atoms. The average molecular weight is 609 g/mol. The van der Waals surface area contributed by atoms with E-state index in [2.05, 4.69) is 51.3 Å². The van der Waals surface area contributed by atoms with Gasteiger partial charge in [-0.2, -0.15) is 0 Å². The predicted molar refractivity (Wildman–Crippen MR) is 168 cm³/mol. The van der Waals surface area contributed by atoms with Gasteiger partial charge in [-0.25, -0.2) is 19.6 Å². The van der Waals surface area contributed by atoms with Crippen LogP contribution in [0.2, 0.25) is 0 Å². The van der Waals surface area contributed by atoms with E-state index in [9.17, 15) is 9.59 Å². The van der Waals surface area contributed by atoms with E-state index in [0.717, 1.165) is 87.9 Å². The molecule has 13 nitrogen and oxygen atoms in total. The second-order valence-electron chi connectivity index (χ2n) is 10.3. The van der Waals surface area contributed by atoms with Crippen LogP contribution in [0.1, 0.15) is 0 Å². The Kier molecular flexibility index (Phi) is 11.7. The van der Waals surface area contributed by atoms with Crippen molar-refractivity contribution in [3.8, 4) is 22.9 Å². The lowest BCUT2D eigenvalue weighted by atomic mass is 10.1. The summed E-state index contributed by atoms with van der Waals surface area (Å²) in [4.78, 5) is 36.2. The Labute approximate surface area is 256 Å². The minimum absolute atomic E-state index is 0.558. The van der Waals surface area contributed by atoms with Gasteiger partial charge in [0.25, 0.3) is 0 Å². The molecule has 0 bridgehead atoms. The van der Waals surface area contributed by atoms with Gasteiger partial charge in [-0.1, -0.05) is 0 Å². The Bertz CT molecular complexity index is 1420. The van der Waals surface area contributed by atoms with Crippen LogP contribution in [0, 0.1) is 0 Å². The smallest absolute Gasteiger partial charge is 0.328 e. The van der Waals surface area contributed by atoms with E-state index in [1.165, 1.54) is 5.69 Å². The average Bonchev–Trinajstić information content (AvgIpc) is 3.04. The Morgan fingerprint density at radius 1 is 0.909 bits per heavy atom. The second kappa shape index (κ2) is 15.8. The fourth-order valence-electron chi connectivity index (χ4n) is 4.91. The van der Waals surface area contributed by atoms with Crippen LogP contribution < -0.4 is 19.7 Å². The number of piperazine rings is 1. The summed E-state index contributed by atoms with van der Waals surface area (Å²) >= 11 is 0. The lowest BCUT2D eigenvalue weighted by molar-refractivity contribution is -0.134. The molecule has 1 aromatic heterocycles. The van der Waals surface area contributed by atoms with E-state index in [1.807, 2.05) is 12.1 Å². The van der Waals surface area contributed by atoms with Crippen LogP contribution in [0.3, 0.4) is 0 Å². The molecule has 2 aliphatic heterocycles. The molecule has 3 heterocycles. The summed E-state index contributed by atoms with van der Waals surface area (Å²) in [7, 11) is 5.46. The number of ether oxygens (including phenoxy) is 3. The van der Waals surface area contributed by atoms with Gasteiger partial charge in [0.05, 0.1) is 33.0 Å². The summed E-state index contributed by atoms with van der Waals surface area (Å²) in [6.45, 7) is 9.47. The van der Waals surface area contributed by atoms with E-state index < -0.39 is 11.9 Å². The van der Waals surface area contributed by atoms with Crippen molar-refractivity contribution in [2.75, 3.05) is 97.1 Å². The number of benzene rings is 2. The van der Waals surface area contributed by atoms with Crippen LogP contribution in [0.5, 0.6) is 11.5 Å². The van der Waals surface area contributed by atoms with Crippen LogP contribution >= 0.6 is 0 Å². The third-order valence-electron chi connectivity index (χ3n) is 7.39. The van der Waals surface area contributed by atoms with Gasteiger partial charge >= 0.3 is 11.9 Å². The summed E-state index contributed by atoms with van der Waals surface area (Å²) in [6.07, 6.45) is 1.12. The number of aliphatic carboxylic acids is 2. The third kappa shape index (κ3) is 9.02. The fraction of sp³-hybridized carbons (Fsp3) is 0.419. The van der Waals surface area contributed by atoms with Crippen molar-refractivity contribution < 1.29 is 34.0 Å². The predicted octanol–water partition coefficient (Wildman–Crippen LogP) is 2.52. The van der Waals surface area contributed by atoms with E-state index in [1.54, 1.807) is 14.2 Å². The largest absolute Gasteiger partial charge is 0.493 e. The minimum Gasteiger partial charge on any atom is -0.493 e. The van der Waals surface area contributed by atoms with Gasteiger partial charge < -0.3 is 39.5 Å². The van der Waals surface area contributed by atoms with E-state index in [-0.39, 0.29) is 0 Å². The number of fused-ring (bicyclic) bond motifs is 1. The first-order valence-electron chi connectivity index (χ1n) is 14.4. The van der Waals surface area contributed by atoms with Gasteiger partial charge in [0.15, 0.2) is 17.3 Å². The number of hydrogen-bond acceptors (Lipinski definition) is 11. The first-order valence-corrected chi connectivity index (χ1v) is 14.4. The van der Waals surface area contributed by atoms with Crippen LogP contribution in [-0.2, 0) is 14.3 Å². The zero-order valence-electron chi connectivity index (χ0n) is 25.4. The van der Waals surface area contributed by atoms with Gasteiger partial charge in [-0.3, -0.25) is 4.90 Å². The number of methoxy groups -OCH3 is 2. The van der Waals surface area contributed by atoms with Crippen LogP contribution in [0.4, 0.5) is 11.5 Å². The maximum atomic E-state index is 9.55. The molecule has 2 fully saturated rings. The van der Waals surface area contributed by atoms with Crippen molar-refractivity contribution in [1.82, 2.24) is 19.8 Å². The summed E-state index contributed by atoms with van der Waals surface area (Å²) in [5.41, 5.74) is 3.04. The van der Waals surface area contributed by atoms with Crippen molar-refractivity contribution in [2.45, 2.75) is 0 Å². The molecular formula is C31H40N6O7. The molecule has 0 saturated carbocycles. The molecule has 5 rings (SSSR count). The zero-order valence-corrected chi connectivity index (χ0v) is 25.4. The monoisotopic (exact) mass is 608 g/mol. The topological polar surface area (TPSA) is 150 Å². The van der Waals surface area contributed by atoms with Crippen LogP contribution in [-0.4, -0.2) is 129 Å². The number of hydrogen-bond donors (Lipinski definition) is 3. The summed E-state index contributed by atoms with van der Waals surface area (Å²) in [5.74, 6) is 0.286. The molecule has 0 aliphatic carbocycles. The highest BCUT2D eigenvalue weighted by Crippen LogP contribution is 2.35. The number of rotatable bonds is 10. The molecule has 236 valence electrons. The molecule has 0 radical (unpaired) electrons. The van der Waals surface area contributed by atoms with Gasteiger partial charge in [-0.15, -0.1) is 0 Å². The molecule has 2 aliphatic rings. The lowest BCUT2D eigenvalue weighted by Crippen LogP contribution is -2.44. The van der Waals surface area contributed by atoms with Crippen molar-refractivity contribution in [2.24, 2.45) is 0 Å². The number of likely N-dealkylation sites (N-methyl/N-ethyl adjacent to an activating group) is 1. The van der Waals surface area contributed by atoms with Gasteiger partial charge in [0.2, 0.25) is 0 Å². The highest BCUT2D eigenvalue weighted by molar-refractivity contribution is 5.93. The maximum Gasteiger partial charge on any atom is 0.328 e. The summed E-state index contributed by atoms with van der Waals surface area (Å²) in [5, 5.41) is 20.1. The van der Waals surface area contributed by atoms with E-state index in [0.29, 0.717) is 29.5 Å². The van der Waals surface area contributed by atoms with Crippen molar-refractivity contribution in [3.05, 3.63) is 48.6 Å². The molecule has 3 N–H and O–H groups in total. The standard InChI is InChI=1S/C27H36N6O3.C4H4O4/c1-31-10-12-33(13-11-31)21-6-4-20(5-7-21)26-29-23-19-25(35-3)24(34-2)18-22(23)27(30-26)28-8-9-32-14-16-36-17-15-32;5-3(6)1-2-4(7)8/h4-7,18-19H,8-17H2,1-3H3,(H,28,29,30);1-2H,(H,5,6)(H,7,8)/b;2-1-. The van der Waals surface area contributed by atoms with Crippen molar-refractivity contribution >= 4 is 34.3 Å². The Morgan fingerprint density at radius 2 is 1.52 bits per heavy atom. The Balaban J connectivity index is 0.000000488. The fourth-order valence-corrected chi connectivity index (χ4v) is 4.91. The number of aromatic nitrogens is 2. The highest BCUT2D eigenvalue weighted by Gasteiger charge is 2.17. The molecule has 2 aromatic carbocycles. The molecule has 0 spiro atoms. The molecule has 0 atom stereocenters. The minimum atomic E-state index is -1.26. The highest BCUT2D eigenvalue weighted by atomic mass is 16.5. The van der Waals surface area contributed by atoms with Crippen LogP contribution in [0.25, 0.3) is 22.3 Å². The van der Waals surface area contributed by atoms with E-state index in [4.69, 9.17) is 34.4 Å². The maximum absolute atomic E-state index is 9.55. The number of carboxylic acids is 2. The number of morpholine rings is 1.